The summed E-state index contributed by atoms with van der Waals surface area (Å²) in [6, 6.07) is 0. The summed E-state index contributed by atoms with van der Waals surface area (Å²) >= 11 is 0. The van der Waals surface area contributed by atoms with Crippen LogP contribution in [0.2, 0.25) is 0 Å². The van der Waals surface area contributed by atoms with Crippen molar-refractivity contribution in [1.29, 1.82) is 0 Å². The molecule has 0 amide bonds. The second kappa shape index (κ2) is 3.00. The SMILES string of the molecule is CN(C)CC1(C2CC2)CCNC1. The molecule has 1 N–H and O–H groups in total. The summed E-state index contributed by atoms with van der Waals surface area (Å²) < 4.78 is 0. The van der Waals surface area contributed by atoms with Gasteiger partial charge in [0.25, 0.3) is 0 Å². The van der Waals surface area contributed by atoms with Gasteiger partial charge in [-0.2, -0.15) is 0 Å². The van der Waals surface area contributed by atoms with Crippen LogP contribution in [0.1, 0.15) is 19.3 Å². The van der Waals surface area contributed by atoms with Crippen LogP contribution in [0, 0.1) is 11.3 Å². The lowest BCUT2D eigenvalue weighted by Crippen LogP contribution is -2.37. The molecule has 0 aromatic heterocycles. The maximum absolute atomic E-state index is 3.51. The van der Waals surface area contributed by atoms with E-state index >= 15 is 0 Å². The van der Waals surface area contributed by atoms with Gasteiger partial charge in [-0.15, -0.1) is 0 Å². The molecule has 1 saturated carbocycles. The normalized spacial score (nSPS) is 36.2. The van der Waals surface area contributed by atoms with Crippen LogP contribution in [-0.2, 0) is 0 Å². The molecule has 1 aliphatic heterocycles. The molecule has 2 fully saturated rings. The Bertz CT molecular complexity index is 155. The summed E-state index contributed by atoms with van der Waals surface area (Å²) in [6.07, 6.45) is 4.36. The van der Waals surface area contributed by atoms with Gasteiger partial charge in [0.05, 0.1) is 0 Å². The van der Waals surface area contributed by atoms with Gasteiger partial charge < -0.3 is 10.2 Å². The second-order valence-electron chi connectivity index (χ2n) is 4.80. The summed E-state index contributed by atoms with van der Waals surface area (Å²) in [5, 5.41) is 3.51. The first-order chi connectivity index (χ1) is 5.73. The maximum atomic E-state index is 3.51. The lowest BCUT2D eigenvalue weighted by molar-refractivity contribution is 0.186. The Morgan fingerprint density at radius 1 is 1.42 bits per heavy atom. The fraction of sp³-hybridized carbons (Fsp3) is 1.00. The molecule has 12 heavy (non-hydrogen) atoms. The summed E-state index contributed by atoms with van der Waals surface area (Å²) in [5.74, 6) is 1.04. The first kappa shape index (κ1) is 8.52. The lowest BCUT2D eigenvalue weighted by atomic mass is 9.81. The van der Waals surface area contributed by atoms with E-state index in [0.717, 1.165) is 5.92 Å². The molecule has 2 rings (SSSR count). The average molecular weight is 168 g/mol. The molecule has 1 unspecified atom stereocenters. The first-order valence-electron chi connectivity index (χ1n) is 5.08. The third kappa shape index (κ3) is 1.50. The monoisotopic (exact) mass is 168 g/mol. The Labute approximate surface area is 75.3 Å². The van der Waals surface area contributed by atoms with E-state index in [9.17, 15) is 0 Å². The highest BCUT2D eigenvalue weighted by atomic mass is 15.1. The van der Waals surface area contributed by atoms with E-state index in [1.165, 1.54) is 38.9 Å². The van der Waals surface area contributed by atoms with Crippen molar-refractivity contribution in [3.8, 4) is 0 Å². The number of hydrogen-bond acceptors (Lipinski definition) is 2. The number of rotatable bonds is 3. The van der Waals surface area contributed by atoms with Gasteiger partial charge in [-0.3, -0.25) is 0 Å². The Hall–Kier alpha value is -0.0800. The second-order valence-corrected chi connectivity index (χ2v) is 4.80. The molecule has 1 aliphatic carbocycles. The van der Waals surface area contributed by atoms with Crippen LogP contribution >= 0.6 is 0 Å². The van der Waals surface area contributed by atoms with Crippen LogP contribution < -0.4 is 5.32 Å². The Kier molecular flexibility index (Phi) is 2.13. The van der Waals surface area contributed by atoms with Crippen LogP contribution in [0.4, 0.5) is 0 Å². The molecule has 0 aromatic carbocycles. The Morgan fingerprint density at radius 3 is 2.58 bits per heavy atom. The van der Waals surface area contributed by atoms with Crippen LogP contribution in [0.25, 0.3) is 0 Å². The van der Waals surface area contributed by atoms with E-state index in [-0.39, 0.29) is 0 Å². The predicted octanol–water partition coefficient (Wildman–Crippen LogP) is 0.938. The lowest BCUT2D eigenvalue weighted by Gasteiger charge is -2.31. The van der Waals surface area contributed by atoms with Crippen LogP contribution in [-0.4, -0.2) is 38.6 Å². The highest BCUT2D eigenvalue weighted by Crippen LogP contribution is 2.49. The van der Waals surface area contributed by atoms with E-state index in [1.54, 1.807) is 0 Å². The molecule has 70 valence electrons. The van der Waals surface area contributed by atoms with Gasteiger partial charge in [-0.05, 0) is 51.2 Å². The van der Waals surface area contributed by atoms with Crippen molar-refractivity contribution in [3.05, 3.63) is 0 Å². The van der Waals surface area contributed by atoms with Crippen molar-refractivity contribution in [3.63, 3.8) is 0 Å². The minimum Gasteiger partial charge on any atom is -0.316 e. The van der Waals surface area contributed by atoms with Crippen molar-refractivity contribution in [2.45, 2.75) is 19.3 Å². The van der Waals surface area contributed by atoms with Crippen molar-refractivity contribution in [2.24, 2.45) is 11.3 Å². The average Bonchev–Trinajstić information content (AvgIpc) is 2.75. The number of hydrogen-bond donors (Lipinski definition) is 1. The highest BCUT2D eigenvalue weighted by Gasteiger charge is 2.46. The van der Waals surface area contributed by atoms with E-state index in [1.807, 2.05) is 0 Å². The minimum absolute atomic E-state index is 0.642. The fourth-order valence-electron chi connectivity index (χ4n) is 2.70. The third-order valence-corrected chi connectivity index (χ3v) is 3.35. The molecule has 0 radical (unpaired) electrons. The zero-order chi connectivity index (χ0) is 8.60. The van der Waals surface area contributed by atoms with Crippen LogP contribution in [0.15, 0.2) is 0 Å². The smallest absolute Gasteiger partial charge is 0.00472 e. The van der Waals surface area contributed by atoms with Crippen molar-refractivity contribution < 1.29 is 0 Å². The fourth-order valence-corrected chi connectivity index (χ4v) is 2.70. The molecule has 1 heterocycles. The van der Waals surface area contributed by atoms with E-state index < -0.39 is 0 Å². The standard InChI is InChI=1S/C10H20N2/c1-12(2)8-10(9-3-4-9)5-6-11-7-10/h9,11H,3-8H2,1-2H3. The molecular formula is C10H20N2. The number of nitrogens with one attached hydrogen (secondary N) is 1. The number of nitrogens with zero attached hydrogens (tertiary/aromatic N) is 1. The highest BCUT2D eigenvalue weighted by molar-refractivity contribution is 5.00. The van der Waals surface area contributed by atoms with E-state index in [0.29, 0.717) is 5.41 Å². The molecule has 2 nitrogen and oxygen atoms in total. The van der Waals surface area contributed by atoms with Crippen LogP contribution in [0.5, 0.6) is 0 Å². The quantitative estimate of drug-likeness (QED) is 0.674. The van der Waals surface area contributed by atoms with E-state index in [4.69, 9.17) is 0 Å². The predicted molar refractivity (Wildman–Crippen MR) is 51.2 cm³/mol. The molecule has 1 atom stereocenters. The first-order valence-corrected chi connectivity index (χ1v) is 5.08. The third-order valence-electron chi connectivity index (χ3n) is 3.35. The zero-order valence-electron chi connectivity index (χ0n) is 8.27. The molecule has 0 bridgehead atoms. The molecule has 1 saturated heterocycles. The van der Waals surface area contributed by atoms with Crippen molar-refractivity contribution in [1.82, 2.24) is 10.2 Å². The van der Waals surface area contributed by atoms with E-state index in [2.05, 4.69) is 24.3 Å². The van der Waals surface area contributed by atoms with Crippen molar-refractivity contribution >= 4 is 0 Å². The summed E-state index contributed by atoms with van der Waals surface area (Å²) in [6.45, 7) is 3.78. The molecular weight excluding hydrogens is 148 g/mol. The largest absolute Gasteiger partial charge is 0.316 e. The van der Waals surface area contributed by atoms with Gasteiger partial charge >= 0.3 is 0 Å². The zero-order valence-corrected chi connectivity index (χ0v) is 8.27. The summed E-state index contributed by atoms with van der Waals surface area (Å²) in [7, 11) is 4.39. The molecule has 0 spiro atoms. The van der Waals surface area contributed by atoms with Gasteiger partial charge in [-0.25, -0.2) is 0 Å². The van der Waals surface area contributed by atoms with Gasteiger partial charge in [-0.1, -0.05) is 0 Å². The van der Waals surface area contributed by atoms with Gasteiger partial charge in [0.1, 0.15) is 0 Å². The van der Waals surface area contributed by atoms with Gasteiger partial charge in [0.2, 0.25) is 0 Å². The Balaban J connectivity index is 2.00. The van der Waals surface area contributed by atoms with Crippen molar-refractivity contribution in [2.75, 3.05) is 33.7 Å². The maximum Gasteiger partial charge on any atom is 0.00472 e. The summed E-state index contributed by atoms with van der Waals surface area (Å²) in [5.41, 5.74) is 0.642. The van der Waals surface area contributed by atoms with Gasteiger partial charge in [0.15, 0.2) is 0 Å². The topological polar surface area (TPSA) is 15.3 Å². The molecule has 2 aliphatic rings. The minimum atomic E-state index is 0.642. The van der Waals surface area contributed by atoms with Crippen LogP contribution in [0.3, 0.4) is 0 Å². The summed E-state index contributed by atoms with van der Waals surface area (Å²) in [4.78, 5) is 2.35. The molecule has 0 aromatic rings. The Morgan fingerprint density at radius 2 is 2.17 bits per heavy atom. The van der Waals surface area contributed by atoms with Gasteiger partial charge in [0, 0.05) is 13.1 Å². The molecule has 2 heteroatoms.